The fraction of sp³-hybridized carbons (Fsp3) is 0.647. The Morgan fingerprint density at radius 1 is 1.05 bits per heavy atom. The zero-order chi connectivity index (χ0) is 13.5. The van der Waals surface area contributed by atoms with Crippen molar-refractivity contribution in [3.63, 3.8) is 0 Å². The molecule has 4 atom stereocenters. The Hall–Kier alpha value is -0.890. The normalized spacial score (nSPS) is 33.0. The van der Waals surface area contributed by atoms with Gasteiger partial charge in [0.15, 0.2) is 11.5 Å². The molecule has 0 radical (unpaired) electrons. The van der Waals surface area contributed by atoms with Gasteiger partial charge in [0.1, 0.15) is 0 Å². The Labute approximate surface area is 125 Å². The van der Waals surface area contributed by atoms with E-state index in [0.717, 1.165) is 43.0 Å². The summed E-state index contributed by atoms with van der Waals surface area (Å²) in [6, 6.07) is 6.25. The zero-order valence-corrected chi connectivity index (χ0v) is 12.4. The van der Waals surface area contributed by atoms with Crippen molar-refractivity contribution in [3.05, 3.63) is 23.8 Å². The maximum absolute atomic E-state index is 6.79. The van der Waals surface area contributed by atoms with Gasteiger partial charge in [-0.05, 0) is 54.7 Å². The van der Waals surface area contributed by atoms with E-state index in [9.17, 15) is 0 Å². The van der Waals surface area contributed by atoms with E-state index in [2.05, 4.69) is 12.1 Å². The van der Waals surface area contributed by atoms with Gasteiger partial charge in [0, 0.05) is 6.42 Å². The molecule has 2 saturated carbocycles. The molecule has 108 valence electrons. The molecule has 1 aliphatic heterocycles. The second-order valence-electron chi connectivity index (χ2n) is 6.50. The minimum atomic E-state index is 0.127. The molecule has 2 bridgehead atoms. The van der Waals surface area contributed by atoms with Crippen molar-refractivity contribution in [1.29, 1.82) is 0 Å². The highest BCUT2D eigenvalue weighted by Gasteiger charge is 2.43. The van der Waals surface area contributed by atoms with Crippen molar-refractivity contribution in [1.82, 2.24) is 0 Å². The van der Waals surface area contributed by atoms with E-state index in [1.807, 2.05) is 6.07 Å². The van der Waals surface area contributed by atoms with Crippen LogP contribution in [0.2, 0.25) is 0 Å². The molecule has 1 aromatic rings. The first-order valence-corrected chi connectivity index (χ1v) is 8.28. The summed E-state index contributed by atoms with van der Waals surface area (Å²) in [6.45, 7) is 1.47. The Kier molecular flexibility index (Phi) is 3.30. The standard InChI is InChI=1S/C17H21ClO2/c18-17(14-9-11-2-3-12(14)8-11)13-4-5-15-16(10-13)20-7-1-6-19-15/h4-5,10-12,14,17H,1-3,6-9H2. The lowest BCUT2D eigenvalue weighted by atomic mass is 9.84. The number of hydrogen-bond donors (Lipinski definition) is 0. The second kappa shape index (κ2) is 5.14. The van der Waals surface area contributed by atoms with Crippen LogP contribution in [0.3, 0.4) is 0 Å². The fourth-order valence-electron chi connectivity index (χ4n) is 4.25. The van der Waals surface area contributed by atoms with Crippen molar-refractivity contribution < 1.29 is 9.47 Å². The third kappa shape index (κ3) is 2.18. The number of hydrogen-bond acceptors (Lipinski definition) is 2. The van der Waals surface area contributed by atoms with Gasteiger partial charge < -0.3 is 9.47 Å². The molecule has 3 aliphatic rings. The summed E-state index contributed by atoms with van der Waals surface area (Å²) in [5, 5.41) is 0.127. The number of benzene rings is 1. The molecule has 2 nitrogen and oxygen atoms in total. The van der Waals surface area contributed by atoms with Crippen LogP contribution in [0.15, 0.2) is 18.2 Å². The summed E-state index contributed by atoms with van der Waals surface area (Å²) in [5.41, 5.74) is 1.20. The van der Waals surface area contributed by atoms with Crippen molar-refractivity contribution in [2.24, 2.45) is 17.8 Å². The van der Waals surface area contributed by atoms with Crippen molar-refractivity contribution >= 4 is 11.6 Å². The maximum atomic E-state index is 6.79. The molecule has 0 aromatic heterocycles. The summed E-state index contributed by atoms with van der Waals surface area (Å²) in [6.07, 6.45) is 6.46. The third-order valence-corrected chi connectivity index (χ3v) is 5.83. The summed E-state index contributed by atoms with van der Waals surface area (Å²) >= 11 is 6.79. The largest absolute Gasteiger partial charge is 0.490 e. The Bertz CT molecular complexity index is 502. The first-order chi connectivity index (χ1) is 9.81. The lowest BCUT2D eigenvalue weighted by Crippen LogP contribution is -2.15. The van der Waals surface area contributed by atoms with Crippen molar-refractivity contribution in [2.45, 2.75) is 37.5 Å². The van der Waals surface area contributed by atoms with Gasteiger partial charge in [-0.3, -0.25) is 0 Å². The van der Waals surface area contributed by atoms with Gasteiger partial charge in [-0.15, -0.1) is 11.6 Å². The predicted octanol–water partition coefficient (Wildman–Crippen LogP) is 4.56. The number of fused-ring (bicyclic) bond motifs is 3. The van der Waals surface area contributed by atoms with Gasteiger partial charge in [0.25, 0.3) is 0 Å². The van der Waals surface area contributed by atoms with Crippen LogP contribution in [0, 0.1) is 17.8 Å². The predicted molar refractivity (Wildman–Crippen MR) is 79.6 cm³/mol. The minimum absolute atomic E-state index is 0.127. The monoisotopic (exact) mass is 292 g/mol. The smallest absolute Gasteiger partial charge is 0.161 e. The van der Waals surface area contributed by atoms with E-state index in [-0.39, 0.29) is 5.38 Å². The molecule has 20 heavy (non-hydrogen) atoms. The number of rotatable bonds is 2. The molecular weight excluding hydrogens is 272 g/mol. The van der Waals surface area contributed by atoms with Crippen molar-refractivity contribution in [3.8, 4) is 11.5 Å². The lowest BCUT2D eigenvalue weighted by Gasteiger charge is -2.27. The molecule has 2 aliphatic carbocycles. The molecule has 2 fully saturated rings. The average Bonchev–Trinajstić information content (AvgIpc) is 3.02. The van der Waals surface area contributed by atoms with Gasteiger partial charge >= 0.3 is 0 Å². The first kappa shape index (κ1) is 12.8. The van der Waals surface area contributed by atoms with Crippen LogP contribution in [0.5, 0.6) is 11.5 Å². The third-order valence-electron chi connectivity index (χ3n) is 5.26. The highest BCUT2D eigenvalue weighted by atomic mass is 35.5. The van der Waals surface area contributed by atoms with Gasteiger partial charge in [-0.2, -0.15) is 0 Å². The molecule has 3 heteroatoms. The molecule has 1 heterocycles. The van der Waals surface area contributed by atoms with Crippen LogP contribution >= 0.6 is 11.6 Å². The molecule has 0 saturated heterocycles. The van der Waals surface area contributed by atoms with Crippen LogP contribution in [0.1, 0.15) is 43.0 Å². The SMILES string of the molecule is ClC(c1ccc2c(c1)OCCCO2)C1CC2CCC1C2. The second-order valence-corrected chi connectivity index (χ2v) is 6.97. The average molecular weight is 293 g/mol. The molecule has 0 spiro atoms. The molecule has 0 N–H and O–H groups in total. The van der Waals surface area contributed by atoms with Gasteiger partial charge in [0.2, 0.25) is 0 Å². The van der Waals surface area contributed by atoms with E-state index in [4.69, 9.17) is 21.1 Å². The first-order valence-electron chi connectivity index (χ1n) is 7.85. The van der Waals surface area contributed by atoms with Crippen LogP contribution in [0.4, 0.5) is 0 Å². The molecule has 0 amide bonds. The summed E-state index contributed by atoms with van der Waals surface area (Å²) in [4.78, 5) is 0. The van der Waals surface area contributed by atoms with E-state index >= 15 is 0 Å². The van der Waals surface area contributed by atoms with E-state index in [1.165, 1.54) is 31.2 Å². The maximum Gasteiger partial charge on any atom is 0.161 e. The summed E-state index contributed by atoms with van der Waals surface area (Å²) in [5.74, 6) is 4.17. The van der Waals surface area contributed by atoms with E-state index in [1.54, 1.807) is 0 Å². The molecule has 4 unspecified atom stereocenters. The topological polar surface area (TPSA) is 18.5 Å². The number of halogens is 1. The lowest BCUT2D eigenvalue weighted by molar-refractivity contribution is 0.296. The van der Waals surface area contributed by atoms with Gasteiger partial charge in [0.05, 0.1) is 18.6 Å². The van der Waals surface area contributed by atoms with Gasteiger partial charge in [-0.25, -0.2) is 0 Å². The van der Waals surface area contributed by atoms with E-state index < -0.39 is 0 Å². The summed E-state index contributed by atoms with van der Waals surface area (Å²) < 4.78 is 11.5. The Morgan fingerprint density at radius 3 is 2.65 bits per heavy atom. The number of alkyl halides is 1. The van der Waals surface area contributed by atoms with Crippen molar-refractivity contribution in [2.75, 3.05) is 13.2 Å². The highest BCUT2D eigenvalue weighted by Crippen LogP contribution is 2.54. The van der Waals surface area contributed by atoms with Crippen LogP contribution in [0.25, 0.3) is 0 Å². The number of ether oxygens (including phenoxy) is 2. The Morgan fingerprint density at radius 2 is 1.90 bits per heavy atom. The molecule has 1 aromatic carbocycles. The fourth-order valence-corrected chi connectivity index (χ4v) is 4.70. The zero-order valence-electron chi connectivity index (χ0n) is 11.7. The van der Waals surface area contributed by atoms with Gasteiger partial charge in [-0.1, -0.05) is 12.5 Å². The quantitative estimate of drug-likeness (QED) is 0.744. The highest BCUT2D eigenvalue weighted by molar-refractivity contribution is 6.21. The van der Waals surface area contributed by atoms with Crippen LogP contribution in [-0.4, -0.2) is 13.2 Å². The minimum Gasteiger partial charge on any atom is -0.490 e. The van der Waals surface area contributed by atoms with Crippen LogP contribution < -0.4 is 9.47 Å². The molecule has 4 rings (SSSR count). The van der Waals surface area contributed by atoms with Crippen LogP contribution in [-0.2, 0) is 0 Å². The Balaban J connectivity index is 1.57. The van der Waals surface area contributed by atoms with E-state index in [0.29, 0.717) is 5.92 Å². The molecular formula is C17H21ClO2. The summed E-state index contributed by atoms with van der Waals surface area (Å²) in [7, 11) is 0.